The summed E-state index contributed by atoms with van der Waals surface area (Å²) in [5.41, 5.74) is 7.61. The molecule has 0 amide bonds. The van der Waals surface area contributed by atoms with Crippen molar-refractivity contribution in [3.63, 3.8) is 0 Å². The molecule has 3 aromatic rings. The van der Waals surface area contributed by atoms with E-state index in [1.807, 2.05) is 12.1 Å². The molecule has 0 saturated carbocycles. The van der Waals surface area contributed by atoms with Gasteiger partial charge in [-0.1, -0.05) is 48.0 Å². The quantitative estimate of drug-likeness (QED) is 0.721. The lowest BCUT2D eigenvalue weighted by atomic mass is 9.94. The maximum Gasteiger partial charge on any atom is 0.131 e. The fourth-order valence-electron chi connectivity index (χ4n) is 2.48. The molecule has 0 saturated heterocycles. The molecule has 0 spiro atoms. The van der Waals surface area contributed by atoms with Gasteiger partial charge in [0, 0.05) is 10.4 Å². The van der Waals surface area contributed by atoms with Crippen molar-refractivity contribution >= 4 is 22.4 Å². The van der Waals surface area contributed by atoms with E-state index in [0.717, 1.165) is 10.9 Å². The first-order chi connectivity index (χ1) is 10.1. The standard InChI is InChI=1S/C17H12ClF2N/c18-15-9-10(19)5-6-14(15)17(21)13-7-8-16(20)12-4-2-1-3-11(12)13/h1-9,17H,21H2. The summed E-state index contributed by atoms with van der Waals surface area (Å²) in [5.74, 6) is -0.716. The topological polar surface area (TPSA) is 26.0 Å². The van der Waals surface area contributed by atoms with Crippen LogP contribution in [0.1, 0.15) is 17.2 Å². The Balaban J connectivity index is 2.18. The Bertz CT molecular complexity index is 817. The summed E-state index contributed by atoms with van der Waals surface area (Å²) in [4.78, 5) is 0. The maximum atomic E-state index is 13.8. The molecule has 3 rings (SSSR count). The molecule has 0 aliphatic heterocycles. The van der Waals surface area contributed by atoms with Crippen LogP contribution in [0.25, 0.3) is 10.8 Å². The largest absolute Gasteiger partial charge is 0.320 e. The smallest absolute Gasteiger partial charge is 0.131 e. The summed E-state index contributed by atoms with van der Waals surface area (Å²) in [7, 11) is 0. The number of benzene rings is 3. The van der Waals surface area contributed by atoms with Crippen LogP contribution in [-0.4, -0.2) is 0 Å². The second-order valence-corrected chi connectivity index (χ2v) is 5.23. The third-order valence-corrected chi connectivity index (χ3v) is 3.86. The molecule has 106 valence electrons. The Morgan fingerprint density at radius 3 is 2.24 bits per heavy atom. The molecular weight excluding hydrogens is 292 g/mol. The summed E-state index contributed by atoms with van der Waals surface area (Å²) < 4.78 is 27.0. The highest BCUT2D eigenvalue weighted by molar-refractivity contribution is 6.31. The van der Waals surface area contributed by atoms with Gasteiger partial charge in [0.1, 0.15) is 11.6 Å². The molecular formula is C17H12ClF2N. The zero-order chi connectivity index (χ0) is 15.0. The van der Waals surface area contributed by atoms with Crippen LogP contribution in [0.15, 0.2) is 54.6 Å². The zero-order valence-electron chi connectivity index (χ0n) is 11.0. The predicted octanol–water partition coefficient (Wildman–Crippen LogP) is 4.82. The van der Waals surface area contributed by atoms with Crippen LogP contribution < -0.4 is 5.73 Å². The molecule has 0 aliphatic rings. The van der Waals surface area contributed by atoms with Gasteiger partial charge in [-0.15, -0.1) is 0 Å². The predicted molar refractivity (Wildman–Crippen MR) is 81.3 cm³/mol. The van der Waals surface area contributed by atoms with Crippen molar-refractivity contribution < 1.29 is 8.78 Å². The zero-order valence-corrected chi connectivity index (χ0v) is 11.7. The average Bonchev–Trinajstić information content (AvgIpc) is 2.47. The van der Waals surface area contributed by atoms with Gasteiger partial charge in [-0.05, 0) is 34.7 Å². The number of fused-ring (bicyclic) bond motifs is 1. The third kappa shape index (κ3) is 2.50. The van der Waals surface area contributed by atoms with Gasteiger partial charge < -0.3 is 5.73 Å². The molecule has 1 atom stereocenters. The molecule has 4 heteroatoms. The van der Waals surface area contributed by atoms with Gasteiger partial charge in [-0.2, -0.15) is 0 Å². The van der Waals surface area contributed by atoms with E-state index in [1.165, 1.54) is 18.2 Å². The summed E-state index contributed by atoms with van der Waals surface area (Å²) >= 11 is 6.06. The van der Waals surface area contributed by atoms with Gasteiger partial charge in [0.25, 0.3) is 0 Å². The molecule has 0 fully saturated rings. The highest BCUT2D eigenvalue weighted by Crippen LogP contribution is 2.32. The minimum Gasteiger partial charge on any atom is -0.320 e. The van der Waals surface area contributed by atoms with Crippen molar-refractivity contribution in [2.45, 2.75) is 6.04 Å². The Labute approximate surface area is 126 Å². The maximum absolute atomic E-state index is 13.8. The lowest BCUT2D eigenvalue weighted by molar-refractivity contribution is 0.626. The fourth-order valence-corrected chi connectivity index (χ4v) is 2.76. The molecule has 0 aromatic heterocycles. The van der Waals surface area contributed by atoms with Crippen LogP contribution >= 0.6 is 11.6 Å². The molecule has 21 heavy (non-hydrogen) atoms. The average molecular weight is 304 g/mol. The summed E-state index contributed by atoms with van der Waals surface area (Å²) in [5, 5.41) is 1.49. The van der Waals surface area contributed by atoms with Crippen LogP contribution in [0.5, 0.6) is 0 Å². The summed E-state index contributed by atoms with van der Waals surface area (Å²) in [6, 6.07) is 13.7. The molecule has 2 N–H and O–H groups in total. The van der Waals surface area contributed by atoms with Crippen LogP contribution in [0.2, 0.25) is 5.02 Å². The molecule has 0 radical (unpaired) electrons. The first-order valence-electron chi connectivity index (χ1n) is 6.45. The second-order valence-electron chi connectivity index (χ2n) is 4.83. The van der Waals surface area contributed by atoms with E-state index in [-0.39, 0.29) is 10.8 Å². The van der Waals surface area contributed by atoms with Gasteiger partial charge in [-0.25, -0.2) is 8.78 Å². The fraction of sp³-hybridized carbons (Fsp3) is 0.0588. The first-order valence-corrected chi connectivity index (χ1v) is 6.83. The van der Waals surface area contributed by atoms with Crippen LogP contribution in [0.3, 0.4) is 0 Å². The minimum absolute atomic E-state index is 0.260. The number of halogens is 3. The van der Waals surface area contributed by atoms with Crippen molar-refractivity contribution in [3.8, 4) is 0 Å². The van der Waals surface area contributed by atoms with Crippen molar-refractivity contribution in [1.82, 2.24) is 0 Å². The van der Waals surface area contributed by atoms with Gasteiger partial charge in [0.05, 0.1) is 6.04 Å². The second kappa shape index (κ2) is 5.43. The lowest BCUT2D eigenvalue weighted by Crippen LogP contribution is -2.13. The van der Waals surface area contributed by atoms with Gasteiger partial charge >= 0.3 is 0 Å². The van der Waals surface area contributed by atoms with Crippen molar-refractivity contribution in [2.75, 3.05) is 0 Å². The van der Waals surface area contributed by atoms with E-state index in [0.29, 0.717) is 10.9 Å². The highest BCUT2D eigenvalue weighted by atomic mass is 35.5. The monoisotopic (exact) mass is 303 g/mol. The van der Waals surface area contributed by atoms with E-state index >= 15 is 0 Å². The minimum atomic E-state index is -0.552. The van der Waals surface area contributed by atoms with Gasteiger partial charge in [-0.3, -0.25) is 0 Å². The molecule has 1 unspecified atom stereocenters. The normalized spacial score (nSPS) is 12.6. The highest BCUT2D eigenvalue weighted by Gasteiger charge is 2.16. The van der Waals surface area contributed by atoms with Gasteiger partial charge in [0.15, 0.2) is 0 Å². The Kier molecular flexibility index (Phi) is 3.62. The van der Waals surface area contributed by atoms with E-state index in [2.05, 4.69) is 0 Å². The van der Waals surface area contributed by atoms with Crippen LogP contribution in [-0.2, 0) is 0 Å². The number of nitrogens with two attached hydrogens (primary N) is 1. The number of hydrogen-bond donors (Lipinski definition) is 1. The van der Waals surface area contributed by atoms with E-state index in [1.54, 1.807) is 24.3 Å². The Hall–Kier alpha value is -1.97. The SMILES string of the molecule is NC(c1ccc(F)cc1Cl)c1ccc(F)c2ccccc12. The Morgan fingerprint density at radius 2 is 1.52 bits per heavy atom. The Morgan fingerprint density at radius 1 is 0.857 bits per heavy atom. The van der Waals surface area contributed by atoms with Gasteiger partial charge in [0.2, 0.25) is 0 Å². The molecule has 1 nitrogen and oxygen atoms in total. The first kappa shape index (κ1) is 14.0. The molecule has 0 heterocycles. The number of rotatable bonds is 2. The molecule has 0 bridgehead atoms. The van der Waals surface area contributed by atoms with Crippen molar-refractivity contribution in [1.29, 1.82) is 0 Å². The lowest BCUT2D eigenvalue weighted by Gasteiger charge is -2.17. The van der Waals surface area contributed by atoms with Crippen LogP contribution in [0.4, 0.5) is 8.78 Å². The summed E-state index contributed by atoms with van der Waals surface area (Å²) in [6.07, 6.45) is 0. The molecule has 0 aliphatic carbocycles. The van der Waals surface area contributed by atoms with E-state index in [4.69, 9.17) is 17.3 Å². The van der Waals surface area contributed by atoms with Crippen molar-refractivity contribution in [2.24, 2.45) is 5.73 Å². The number of hydrogen-bond acceptors (Lipinski definition) is 1. The summed E-state index contributed by atoms with van der Waals surface area (Å²) in [6.45, 7) is 0. The van der Waals surface area contributed by atoms with E-state index < -0.39 is 11.9 Å². The molecule has 3 aromatic carbocycles. The third-order valence-electron chi connectivity index (χ3n) is 3.54. The van der Waals surface area contributed by atoms with Crippen molar-refractivity contribution in [3.05, 3.63) is 82.4 Å². The van der Waals surface area contributed by atoms with Crippen LogP contribution in [0, 0.1) is 11.6 Å². The van der Waals surface area contributed by atoms with E-state index in [9.17, 15) is 8.78 Å².